The van der Waals surface area contributed by atoms with Crippen LogP contribution in [0, 0.1) is 6.92 Å². The molecule has 16 heavy (non-hydrogen) atoms. The second-order valence-corrected chi connectivity index (χ2v) is 4.39. The number of rotatable bonds is 4. The van der Waals surface area contributed by atoms with Crippen LogP contribution in [-0.2, 0) is 4.74 Å². The molecular weight excluding hydrogens is 200 g/mol. The molecule has 0 saturated carbocycles. The van der Waals surface area contributed by atoms with Gasteiger partial charge in [0.05, 0.1) is 17.5 Å². The molecule has 1 aliphatic rings. The Hall–Kier alpha value is -1.22. The number of anilines is 2. The smallest absolute Gasteiger partial charge is 0.0592 e. The normalized spacial score (nSPS) is 19.9. The predicted octanol–water partition coefficient (Wildman–Crippen LogP) is 2.56. The van der Waals surface area contributed by atoms with E-state index in [1.807, 2.05) is 25.1 Å². The lowest BCUT2D eigenvalue weighted by Crippen LogP contribution is -2.13. The van der Waals surface area contributed by atoms with Gasteiger partial charge in [0.2, 0.25) is 0 Å². The van der Waals surface area contributed by atoms with Crippen molar-refractivity contribution in [1.82, 2.24) is 0 Å². The van der Waals surface area contributed by atoms with Gasteiger partial charge in [-0.3, -0.25) is 0 Å². The fourth-order valence-electron chi connectivity index (χ4n) is 2.07. The first-order valence-electron chi connectivity index (χ1n) is 5.98. The van der Waals surface area contributed by atoms with Crippen molar-refractivity contribution >= 4 is 11.4 Å². The zero-order valence-electron chi connectivity index (χ0n) is 9.83. The Balaban J connectivity index is 1.82. The molecule has 1 unspecified atom stereocenters. The number of ether oxygens (including phenoxy) is 1. The van der Waals surface area contributed by atoms with Crippen LogP contribution in [0.5, 0.6) is 0 Å². The van der Waals surface area contributed by atoms with Crippen molar-refractivity contribution in [2.24, 2.45) is 0 Å². The molecule has 1 saturated heterocycles. The Bertz CT molecular complexity index is 346. The van der Waals surface area contributed by atoms with Crippen molar-refractivity contribution in [3.63, 3.8) is 0 Å². The van der Waals surface area contributed by atoms with Gasteiger partial charge in [0, 0.05) is 13.2 Å². The van der Waals surface area contributed by atoms with Crippen LogP contribution in [0.15, 0.2) is 18.2 Å². The molecule has 1 heterocycles. The molecule has 0 radical (unpaired) electrons. The molecule has 1 atom stereocenters. The molecule has 1 aromatic carbocycles. The van der Waals surface area contributed by atoms with Crippen LogP contribution < -0.4 is 11.1 Å². The summed E-state index contributed by atoms with van der Waals surface area (Å²) in [5.74, 6) is 0. The Morgan fingerprint density at radius 2 is 2.38 bits per heavy atom. The summed E-state index contributed by atoms with van der Waals surface area (Å²) >= 11 is 0. The first-order chi connectivity index (χ1) is 7.77. The molecule has 1 aliphatic heterocycles. The van der Waals surface area contributed by atoms with E-state index in [0.29, 0.717) is 6.10 Å². The molecule has 3 N–H and O–H groups in total. The van der Waals surface area contributed by atoms with Gasteiger partial charge in [0.1, 0.15) is 0 Å². The van der Waals surface area contributed by atoms with Crippen LogP contribution in [0.2, 0.25) is 0 Å². The van der Waals surface area contributed by atoms with Gasteiger partial charge in [-0.2, -0.15) is 0 Å². The fraction of sp³-hybridized carbons (Fsp3) is 0.538. The number of hydrogen-bond donors (Lipinski definition) is 2. The number of hydrogen-bond acceptors (Lipinski definition) is 3. The monoisotopic (exact) mass is 220 g/mol. The zero-order chi connectivity index (χ0) is 11.4. The van der Waals surface area contributed by atoms with Crippen molar-refractivity contribution < 1.29 is 4.74 Å². The standard InChI is InChI=1S/C13H20N2O/c1-10-4-2-6-12(13(10)14)15-8-7-11-5-3-9-16-11/h2,4,6,11,15H,3,5,7-9,14H2,1H3. The van der Waals surface area contributed by atoms with Crippen molar-refractivity contribution in [3.05, 3.63) is 23.8 Å². The molecule has 0 spiro atoms. The first kappa shape index (κ1) is 11.3. The molecule has 88 valence electrons. The molecule has 3 nitrogen and oxygen atoms in total. The summed E-state index contributed by atoms with van der Waals surface area (Å²) in [6.45, 7) is 3.89. The van der Waals surface area contributed by atoms with Crippen LogP contribution in [0.1, 0.15) is 24.8 Å². The maximum Gasteiger partial charge on any atom is 0.0592 e. The van der Waals surface area contributed by atoms with Crippen LogP contribution in [0.4, 0.5) is 11.4 Å². The van der Waals surface area contributed by atoms with E-state index in [4.69, 9.17) is 10.5 Å². The van der Waals surface area contributed by atoms with Crippen molar-refractivity contribution in [1.29, 1.82) is 0 Å². The van der Waals surface area contributed by atoms with E-state index in [1.165, 1.54) is 12.8 Å². The zero-order valence-corrected chi connectivity index (χ0v) is 9.83. The van der Waals surface area contributed by atoms with E-state index in [1.54, 1.807) is 0 Å². The number of nitrogen functional groups attached to an aromatic ring is 1. The molecule has 0 amide bonds. The van der Waals surface area contributed by atoms with Crippen molar-refractivity contribution in [3.8, 4) is 0 Å². The predicted molar refractivity (Wildman–Crippen MR) is 67.7 cm³/mol. The highest BCUT2D eigenvalue weighted by Gasteiger charge is 2.14. The van der Waals surface area contributed by atoms with E-state index < -0.39 is 0 Å². The van der Waals surface area contributed by atoms with E-state index in [-0.39, 0.29) is 0 Å². The molecule has 0 aliphatic carbocycles. The summed E-state index contributed by atoms with van der Waals surface area (Å²) in [4.78, 5) is 0. The summed E-state index contributed by atoms with van der Waals surface area (Å²) in [5, 5.41) is 3.38. The summed E-state index contributed by atoms with van der Waals surface area (Å²) in [6.07, 6.45) is 3.91. The third kappa shape index (κ3) is 2.67. The maximum absolute atomic E-state index is 5.98. The lowest BCUT2D eigenvalue weighted by molar-refractivity contribution is 0.107. The molecular formula is C13H20N2O. The number of nitrogens with one attached hydrogen (secondary N) is 1. The van der Waals surface area contributed by atoms with E-state index >= 15 is 0 Å². The van der Waals surface area contributed by atoms with Gasteiger partial charge in [-0.1, -0.05) is 12.1 Å². The Morgan fingerprint density at radius 3 is 3.12 bits per heavy atom. The SMILES string of the molecule is Cc1cccc(NCCC2CCCO2)c1N. The average molecular weight is 220 g/mol. The number of nitrogens with two attached hydrogens (primary N) is 1. The van der Waals surface area contributed by atoms with Gasteiger partial charge in [-0.15, -0.1) is 0 Å². The summed E-state index contributed by atoms with van der Waals surface area (Å²) in [7, 11) is 0. The minimum Gasteiger partial charge on any atom is -0.397 e. The number of benzene rings is 1. The van der Waals surface area contributed by atoms with Crippen molar-refractivity contribution in [2.45, 2.75) is 32.3 Å². The van der Waals surface area contributed by atoms with E-state index in [0.717, 1.165) is 36.5 Å². The van der Waals surface area contributed by atoms with Gasteiger partial charge in [-0.25, -0.2) is 0 Å². The molecule has 1 aromatic rings. The first-order valence-corrected chi connectivity index (χ1v) is 5.98. The van der Waals surface area contributed by atoms with Crippen LogP contribution in [0.3, 0.4) is 0 Å². The summed E-state index contributed by atoms with van der Waals surface area (Å²) < 4.78 is 5.57. The molecule has 3 heteroatoms. The third-order valence-electron chi connectivity index (χ3n) is 3.13. The van der Waals surface area contributed by atoms with Crippen LogP contribution >= 0.6 is 0 Å². The molecule has 0 bridgehead atoms. The number of aryl methyl sites for hydroxylation is 1. The van der Waals surface area contributed by atoms with Gasteiger partial charge in [-0.05, 0) is 37.8 Å². The second-order valence-electron chi connectivity index (χ2n) is 4.39. The van der Waals surface area contributed by atoms with E-state index in [9.17, 15) is 0 Å². The minimum absolute atomic E-state index is 0.443. The number of para-hydroxylation sites is 1. The largest absolute Gasteiger partial charge is 0.397 e. The van der Waals surface area contributed by atoms with E-state index in [2.05, 4.69) is 5.32 Å². The van der Waals surface area contributed by atoms with Gasteiger partial charge >= 0.3 is 0 Å². The summed E-state index contributed by atoms with van der Waals surface area (Å²) in [5.41, 5.74) is 9.01. The Morgan fingerprint density at radius 1 is 1.50 bits per heavy atom. The highest BCUT2D eigenvalue weighted by molar-refractivity contribution is 5.69. The lowest BCUT2D eigenvalue weighted by atomic mass is 10.1. The lowest BCUT2D eigenvalue weighted by Gasteiger charge is -2.13. The highest BCUT2D eigenvalue weighted by Crippen LogP contribution is 2.22. The van der Waals surface area contributed by atoms with Crippen molar-refractivity contribution in [2.75, 3.05) is 24.2 Å². The van der Waals surface area contributed by atoms with Gasteiger partial charge < -0.3 is 15.8 Å². The Kier molecular flexibility index (Phi) is 3.67. The maximum atomic E-state index is 5.98. The van der Waals surface area contributed by atoms with Gasteiger partial charge in [0.15, 0.2) is 0 Å². The summed E-state index contributed by atoms with van der Waals surface area (Å²) in [6, 6.07) is 6.08. The highest BCUT2D eigenvalue weighted by atomic mass is 16.5. The topological polar surface area (TPSA) is 47.3 Å². The average Bonchev–Trinajstić information content (AvgIpc) is 2.77. The molecule has 1 fully saturated rings. The third-order valence-corrected chi connectivity index (χ3v) is 3.13. The molecule has 2 rings (SSSR count). The second kappa shape index (κ2) is 5.21. The van der Waals surface area contributed by atoms with Gasteiger partial charge in [0.25, 0.3) is 0 Å². The minimum atomic E-state index is 0.443. The van der Waals surface area contributed by atoms with Crippen LogP contribution in [0.25, 0.3) is 0 Å². The Labute approximate surface area is 97.0 Å². The fourth-order valence-corrected chi connectivity index (χ4v) is 2.07. The quantitative estimate of drug-likeness (QED) is 0.767. The van der Waals surface area contributed by atoms with Crippen LogP contribution in [-0.4, -0.2) is 19.3 Å². The molecule has 0 aromatic heterocycles.